The van der Waals surface area contributed by atoms with E-state index in [1.54, 1.807) is 31.1 Å². The smallest absolute Gasteiger partial charge is 0.240 e. The average molecular weight is 416 g/mol. The summed E-state index contributed by atoms with van der Waals surface area (Å²) in [4.78, 5) is 16.3. The zero-order valence-corrected chi connectivity index (χ0v) is 17.9. The summed E-state index contributed by atoms with van der Waals surface area (Å²) in [6.07, 6.45) is 2.54. The van der Waals surface area contributed by atoms with Crippen LogP contribution in [0.3, 0.4) is 0 Å². The van der Waals surface area contributed by atoms with Crippen LogP contribution in [0.15, 0.2) is 59.5 Å². The number of likely N-dealkylation sites (tertiary alicyclic amines) is 1. The van der Waals surface area contributed by atoms with Crippen molar-refractivity contribution in [2.75, 3.05) is 33.7 Å². The van der Waals surface area contributed by atoms with Gasteiger partial charge < -0.3 is 4.90 Å². The van der Waals surface area contributed by atoms with Crippen LogP contribution in [-0.2, 0) is 14.8 Å². The maximum atomic E-state index is 12.6. The summed E-state index contributed by atoms with van der Waals surface area (Å²) in [6.45, 7) is 1.94. The average Bonchev–Trinajstić information content (AvgIpc) is 3.20. The zero-order chi connectivity index (χ0) is 20.9. The Morgan fingerprint density at radius 2 is 1.72 bits per heavy atom. The molecule has 0 spiro atoms. The molecule has 156 valence electrons. The van der Waals surface area contributed by atoms with Gasteiger partial charge in [0.2, 0.25) is 15.9 Å². The molecule has 2 aromatic rings. The molecular formula is C22H29N3O3S. The first-order valence-electron chi connectivity index (χ1n) is 9.99. The minimum atomic E-state index is -3.54. The van der Waals surface area contributed by atoms with E-state index in [1.165, 1.54) is 0 Å². The van der Waals surface area contributed by atoms with Crippen molar-refractivity contribution in [2.24, 2.45) is 0 Å². The highest BCUT2D eigenvalue weighted by atomic mass is 32.2. The van der Waals surface area contributed by atoms with Gasteiger partial charge in [-0.05, 0) is 49.1 Å². The van der Waals surface area contributed by atoms with E-state index in [2.05, 4.69) is 9.62 Å². The molecule has 29 heavy (non-hydrogen) atoms. The monoisotopic (exact) mass is 415 g/mol. The van der Waals surface area contributed by atoms with Crippen molar-refractivity contribution in [3.63, 3.8) is 0 Å². The van der Waals surface area contributed by atoms with Crippen LogP contribution in [0.5, 0.6) is 0 Å². The number of amides is 1. The van der Waals surface area contributed by atoms with E-state index in [0.29, 0.717) is 19.5 Å². The van der Waals surface area contributed by atoms with E-state index in [0.717, 1.165) is 30.5 Å². The van der Waals surface area contributed by atoms with Gasteiger partial charge in [0.25, 0.3) is 0 Å². The number of likely N-dealkylation sites (N-methyl/N-ethyl adjacent to an activating group) is 1. The van der Waals surface area contributed by atoms with Gasteiger partial charge in [0.15, 0.2) is 0 Å². The third-order valence-electron chi connectivity index (χ3n) is 5.28. The van der Waals surface area contributed by atoms with Crippen LogP contribution in [0.4, 0.5) is 0 Å². The number of nitrogens with zero attached hydrogens (tertiary/aromatic N) is 2. The van der Waals surface area contributed by atoms with Gasteiger partial charge in [0.1, 0.15) is 0 Å². The Hall–Kier alpha value is -2.22. The van der Waals surface area contributed by atoms with E-state index in [-0.39, 0.29) is 16.8 Å². The Kier molecular flexibility index (Phi) is 7.05. The van der Waals surface area contributed by atoms with Crippen LogP contribution >= 0.6 is 0 Å². The number of sulfonamides is 1. The summed E-state index contributed by atoms with van der Waals surface area (Å²) in [7, 11) is 0.00571. The van der Waals surface area contributed by atoms with Gasteiger partial charge in [-0.3, -0.25) is 9.69 Å². The number of hydrogen-bond donors (Lipinski definition) is 1. The molecule has 1 amide bonds. The summed E-state index contributed by atoms with van der Waals surface area (Å²) < 4.78 is 27.8. The van der Waals surface area contributed by atoms with Crippen molar-refractivity contribution in [2.45, 2.75) is 30.2 Å². The van der Waals surface area contributed by atoms with Crippen LogP contribution in [0.1, 0.15) is 19.3 Å². The lowest BCUT2D eigenvalue weighted by Crippen LogP contribution is -2.43. The van der Waals surface area contributed by atoms with Crippen molar-refractivity contribution >= 4 is 15.9 Å². The maximum absolute atomic E-state index is 12.6. The molecule has 1 unspecified atom stereocenters. The lowest BCUT2D eigenvalue weighted by atomic mass is 10.1. The molecule has 1 fully saturated rings. The molecule has 3 rings (SSSR count). The molecule has 1 atom stereocenters. The maximum Gasteiger partial charge on any atom is 0.240 e. The van der Waals surface area contributed by atoms with Crippen LogP contribution < -0.4 is 4.72 Å². The summed E-state index contributed by atoms with van der Waals surface area (Å²) in [5.74, 6) is 0.126. The molecule has 0 bridgehead atoms. The molecule has 1 heterocycles. The first-order chi connectivity index (χ1) is 13.9. The Bertz CT molecular complexity index is 912. The van der Waals surface area contributed by atoms with Gasteiger partial charge in [-0.15, -0.1) is 0 Å². The van der Waals surface area contributed by atoms with Crippen LogP contribution in [0.2, 0.25) is 0 Å². The van der Waals surface area contributed by atoms with Gasteiger partial charge in [-0.25, -0.2) is 13.1 Å². The molecular weight excluding hydrogens is 386 g/mol. The highest BCUT2D eigenvalue weighted by Gasteiger charge is 2.31. The Balaban J connectivity index is 1.52. The van der Waals surface area contributed by atoms with Gasteiger partial charge in [-0.1, -0.05) is 42.5 Å². The number of rotatable bonds is 8. The SMILES string of the molecule is CN(C)C(=O)C1CCCN1CCCNS(=O)(=O)c1ccc(-c2ccccc2)cc1. The molecule has 0 aliphatic carbocycles. The minimum absolute atomic E-state index is 0.0767. The second-order valence-corrected chi connectivity index (χ2v) is 9.34. The molecule has 1 saturated heterocycles. The number of carbonyl (C=O) groups is 1. The van der Waals surface area contributed by atoms with Crippen molar-refractivity contribution in [3.8, 4) is 11.1 Å². The molecule has 7 heteroatoms. The van der Waals surface area contributed by atoms with Crippen molar-refractivity contribution < 1.29 is 13.2 Å². The normalized spacial score (nSPS) is 17.4. The van der Waals surface area contributed by atoms with Crippen molar-refractivity contribution in [1.82, 2.24) is 14.5 Å². The third-order valence-corrected chi connectivity index (χ3v) is 6.75. The number of carbonyl (C=O) groups excluding carboxylic acids is 1. The fourth-order valence-electron chi connectivity index (χ4n) is 3.70. The lowest BCUT2D eigenvalue weighted by Gasteiger charge is -2.26. The lowest BCUT2D eigenvalue weighted by molar-refractivity contribution is -0.133. The molecule has 1 aliphatic heterocycles. The van der Waals surface area contributed by atoms with Crippen LogP contribution in [0.25, 0.3) is 11.1 Å². The summed E-state index contributed by atoms with van der Waals surface area (Å²) in [6, 6.07) is 16.7. The first-order valence-corrected chi connectivity index (χ1v) is 11.5. The quantitative estimate of drug-likeness (QED) is 0.673. The van der Waals surface area contributed by atoms with Gasteiger partial charge >= 0.3 is 0 Å². The van der Waals surface area contributed by atoms with Crippen molar-refractivity contribution in [1.29, 1.82) is 0 Å². The van der Waals surface area contributed by atoms with E-state index in [1.807, 2.05) is 42.5 Å². The second kappa shape index (κ2) is 9.52. The van der Waals surface area contributed by atoms with Gasteiger partial charge in [0.05, 0.1) is 10.9 Å². The predicted octanol–water partition coefficient (Wildman–Crippen LogP) is 2.57. The Labute approximate surface area is 173 Å². The molecule has 2 aromatic carbocycles. The predicted molar refractivity (Wildman–Crippen MR) is 115 cm³/mol. The fraction of sp³-hybridized carbons (Fsp3) is 0.409. The van der Waals surface area contributed by atoms with Gasteiger partial charge in [-0.2, -0.15) is 0 Å². The van der Waals surface area contributed by atoms with E-state index in [9.17, 15) is 13.2 Å². The van der Waals surface area contributed by atoms with Crippen LogP contribution in [-0.4, -0.2) is 63.9 Å². The van der Waals surface area contributed by atoms with Crippen LogP contribution in [0, 0.1) is 0 Å². The summed E-state index contributed by atoms with van der Waals surface area (Å²) >= 11 is 0. The molecule has 0 saturated carbocycles. The standard InChI is InChI=1S/C22H29N3O3S/c1-24(2)22(26)21-10-6-16-25(21)17-7-15-23-29(27,28)20-13-11-19(12-14-20)18-8-4-3-5-9-18/h3-5,8-9,11-14,21,23H,6-7,10,15-17H2,1-2H3. The highest BCUT2D eigenvalue weighted by molar-refractivity contribution is 7.89. The molecule has 1 aliphatic rings. The fourth-order valence-corrected chi connectivity index (χ4v) is 4.77. The van der Waals surface area contributed by atoms with Gasteiger partial charge in [0, 0.05) is 27.2 Å². The Morgan fingerprint density at radius 1 is 1.07 bits per heavy atom. The van der Waals surface area contributed by atoms with E-state index in [4.69, 9.17) is 0 Å². The topological polar surface area (TPSA) is 69.7 Å². The van der Waals surface area contributed by atoms with E-state index >= 15 is 0 Å². The highest BCUT2D eigenvalue weighted by Crippen LogP contribution is 2.21. The molecule has 0 radical (unpaired) electrons. The summed E-state index contributed by atoms with van der Waals surface area (Å²) in [5, 5.41) is 0. The molecule has 0 aromatic heterocycles. The molecule has 6 nitrogen and oxygen atoms in total. The molecule has 1 N–H and O–H groups in total. The minimum Gasteiger partial charge on any atom is -0.347 e. The largest absolute Gasteiger partial charge is 0.347 e. The Morgan fingerprint density at radius 3 is 2.38 bits per heavy atom. The zero-order valence-electron chi connectivity index (χ0n) is 17.0. The summed E-state index contributed by atoms with van der Waals surface area (Å²) in [5.41, 5.74) is 2.03. The number of hydrogen-bond acceptors (Lipinski definition) is 4. The van der Waals surface area contributed by atoms with Crippen molar-refractivity contribution in [3.05, 3.63) is 54.6 Å². The first kappa shape index (κ1) is 21.5. The number of benzene rings is 2. The number of nitrogens with one attached hydrogen (secondary N) is 1. The second-order valence-electron chi connectivity index (χ2n) is 7.57. The third kappa shape index (κ3) is 5.44. The van der Waals surface area contributed by atoms with E-state index < -0.39 is 10.0 Å².